The number of rotatable bonds is 2. The molecule has 3 rings (SSSR count). The molecule has 19 heavy (non-hydrogen) atoms. The van der Waals surface area contributed by atoms with E-state index in [1.807, 2.05) is 42.5 Å². The first-order chi connectivity index (χ1) is 9.28. The third kappa shape index (κ3) is 2.12. The number of carbonyl (C=O) groups is 1. The quantitative estimate of drug-likeness (QED) is 0.866. The Morgan fingerprint density at radius 2 is 1.84 bits per heavy atom. The molecular formula is C15H14N2O2. The van der Waals surface area contributed by atoms with E-state index < -0.39 is 0 Å². The van der Waals surface area contributed by atoms with E-state index in [9.17, 15) is 4.79 Å². The van der Waals surface area contributed by atoms with E-state index in [0.717, 1.165) is 22.7 Å². The van der Waals surface area contributed by atoms with Gasteiger partial charge >= 0.3 is 0 Å². The molecule has 0 radical (unpaired) electrons. The van der Waals surface area contributed by atoms with Gasteiger partial charge in [-0.1, -0.05) is 30.3 Å². The van der Waals surface area contributed by atoms with E-state index in [1.54, 1.807) is 13.2 Å². The molecule has 2 N–H and O–H groups in total. The van der Waals surface area contributed by atoms with Crippen LogP contribution in [-0.4, -0.2) is 13.0 Å². The fourth-order valence-corrected chi connectivity index (χ4v) is 2.19. The van der Waals surface area contributed by atoms with Gasteiger partial charge in [0.2, 0.25) is 0 Å². The van der Waals surface area contributed by atoms with E-state index in [4.69, 9.17) is 4.74 Å². The molecule has 1 atom stereocenters. The lowest BCUT2D eigenvalue weighted by atomic mass is 10.0. The molecule has 96 valence electrons. The zero-order chi connectivity index (χ0) is 13.2. The molecule has 1 amide bonds. The normalized spacial score (nSPS) is 17.1. The van der Waals surface area contributed by atoms with Crippen molar-refractivity contribution in [3.63, 3.8) is 0 Å². The number of ether oxygens (including phenoxy) is 1. The maximum absolute atomic E-state index is 12.1. The van der Waals surface area contributed by atoms with Gasteiger partial charge in [0.15, 0.2) is 0 Å². The Bertz CT molecular complexity index is 611. The number of hydrogen-bond acceptors (Lipinski definition) is 3. The van der Waals surface area contributed by atoms with Crippen molar-refractivity contribution in [2.75, 3.05) is 17.7 Å². The lowest BCUT2D eigenvalue weighted by Crippen LogP contribution is -2.31. The largest absolute Gasteiger partial charge is 0.497 e. The van der Waals surface area contributed by atoms with Crippen LogP contribution >= 0.6 is 0 Å². The summed E-state index contributed by atoms with van der Waals surface area (Å²) in [7, 11) is 1.60. The summed E-state index contributed by atoms with van der Waals surface area (Å²) in [6.07, 6.45) is 0. The molecule has 1 heterocycles. The van der Waals surface area contributed by atoms with Crippen LogP contribution < -0.4 is 15.4 Å². The minimum atomic E-state index is -0.359. The highest BCUT2D eigenvalue weighted by Crippen LogP contribution is 2.34. The van der Waals surface area contributed by atoms with Crippen molar-refractivity contribution in [3.8, 4) is 5.75 Å². The Hall–Kier alpha value is -2.49. The number of fused-ring (bicyclic) bond motifs is 1. The number of carbonyl (C=O) groups excluding carboxylic acids is 1. The summed E-state index contributed by atoms with van der Waals surface area (Å²) >= 11 is 0. The maximum Gasteiger partial charge on any atom is 0.251 e. The second kappa shape index (κ2) is 4.65. The number of hydrogen-bond donors (Lipinski definition) is 2. The second-order valence-electron chi connectivity index (χ2n) is 4.39. The van der Waals surface area contributed by atoms with Gasteiger partial charge in [0.25, 0.3) is 5.91 Å². The highest BCUT2D eigenvalue weighted by molar-refractivity contribution is 6.03. The lowest BCUT2D eigenvalue weighted by Gasteiger charge is -2.27. The fraction of sp³-hybridized carbons (Fsp3) is 0.133. The Labute approximate surface area is 111 Å². The van der Waals surface area contributed by atoms with Gasteiger partial charge < -0.3 is 15.4 Å². The highest BCUT2D eigenvalue weighted by Gasteiger charge is 2.26. The van der Waals surface area contributed by atoms with Gasteiger partial charge in [0.05, 0.1) is 18.5 Å². The average molecular weight is 254 g/mol. The van der Waals surface area contributed by atoms with Crippen molar-refractivity contribution >= 4 is 17.3 Å². The molecule has 1 aliphatic rings. The minimum absolute atomic E-state index is 0.0630. The van der Waals surface area contributed by atoms with E-state index in [2.05, 4.69) is 10.6 Å². The van der Waals surface area contributed by atoms with Gasteiger partial charge in [-0.3, -0.25) is 4.79 Å². The summed E-state index contributed by atoms with van der Waals surface area (Å²) in [5.41, 5.74) is 2.59. The number of amides is 1. The summed E-state index contributed by atoms with van der Waals surface area (Å²) in [5.74, 6) is 0.658. The molecule has 0 fully saturated rings. The second-order valence-corrected chi connectivity index (χ2v) is 4.39. The van der Waals surface area contributed by atoms with Crippen molar-refractivity contribution in [3.05, 3.63) is 54.1 Å². The van der Waals surface area contributed by atoms with Crippen molar-refractivity contribution < 1.29 is 9.53 Å². The summed E-state index contributed by atoms with van der Waals surface area (Å²) in [5, 5.41) is 6.15. The third-order valence-electron chi connectivity index (χ3n) is 3.18. The van der Waals surface area contributed by atoms with Crippen LogP contribution in [0.5, 0.6) is 5.75 Å². The van der Waals surface area contributed by atoms with Crippen LogP contribution in [0, 0.1) is 0 Å². The molecule has 2 aromatic carbocycles. The Morgan fingerprint density at radius 3 is 2.58 bits per heavy atom. The molecule has 4 heteroatoms. The molecule has 0 bridgehead atoms. The van der Waals surface area contributed by atoms with Crippen LogP contribution in [0.2, 0.25) is 0 Å². The van der Waals surface area contributed by atoms with Gasteiger partial charge in [-0.05, 0) is 17.7 Å². The van der Waals surface area contributed by atoms with Crippen molar-refractivity contribution in [2.45, 2.75) is 6.04 Å². The van der Waals surface area contributed by atoms with E-state index in [0.29, 0.717) is 0 Å². The number of nitrogens with one attached hydrogen (secondary N) is 2. The molecule has 0 saturated heterocycles. The highest BCUT2D eigenvalue weighted by atomic mass is 16.5. The zero-order valence-electron chi connectivity index (χ0n) is 10.5. The first-order valence-electron chi connectivity index (χ1n) is 6.08. The minimum Gasteiger partial charge on any atom is -0.497 e. The average Bonchev–Trinajstić information content (AvgIpc) is 2.47. The van der Waals surface area contributed by atoms with E-state index >= 15 is 0 Å². The first kappa shape index (κ1) is 11.6. The van der Waals surface area contributed by atoms with E-state index in [-0.39, 0.29) is 11.9 Å². The summed E-state index contributed by atoms with van der Waals surface area (Å²) in [4.78, 5) is 12.1. The van der Waals surface area contributed by atoms with Crippen molar-refractivity contribution in [1.82, 2.24) is 0 Å². The van der Waals surface area contributed by atoms with E-state index in [1.165, 1.54) is 0 Å². The van der Waals surface area contributed by atoms with Gasteiger partial charge in [-0.15, -0.1) is 0 Å². The molecule has 2 aromatic rings. The fourth-order valence-electron chi connectivity index (χ4n) is 2.19. The maximum atomic E-state index is 12.1. The molecule has 0 aromatic heterocycles. The van der Waals surface area contributed by atoms with Gasteiger partial charge in [-0.2, -0.15) is 0 Å². The van der Waals surface area contributed by atoms with Crippen molar-refractivity contribution in [2.24, 2.45) is 0 Å². The molecule has 4 nitrogen and oxygen atoms in total. The number of anilines is 2. The topological polar surface area (TPSA) is 50.4 Å². The zero-order valence-corrected chi connectivity index (χ0v) is 10.5. The Kier molecular flexibility index (Phi) is 2.83. The number of methoxy groups -OCH3 is 1. The van der Waals surface area contributed by atoms with Gasteiger partial charge in [0, 0.05) is 6.07 Å². The van der Waals surface area contributed by atoms with Crippen LogP contribution in [0.4, 0.5) is 11.4 Å². The van der Waals surface area contributed by atoms with Crippen LogP contribution in [0.15, 0.2) is 48.5 Å². The lowest BCUT2D eigenvalue weighted by molar-refractivity contribution is -0.117. The molecule has 0 aliphatic carbocycles. The van der Waals surface area contributed by atoms with Crippen LogP contribution in [0.25, 0.3) is 0 Å². The third-order valence-corrected chi connectivity index (χ3v) is 3.18. The Balaban J connectivity index is 1.94. The summed E-state index contributed by atoms with van der Waals surface area (Å²) in [6, 6.07) is 14.9. The van der Waals surface area contributed by atoms with Crippen LogP contribution in [-0.2, 0) is 4.79 Å². The Morgan fingerprint density at radius 1 is 1.05 bits per heavy atom. The smallest absolute Gasteiger partial charge is 0.251 e. The first-order valence-corrected chi connectivity index (χ1v) is 6.08. The monoisotopic (exact) mass is 254 g/mol. The SMILES string of the molecule is COc1ccc2c(c1)NC(=O)C(c1ccccc1)N2. The van der Waals surface area contributed by atoms with Crippen LogP contribution in [0.1, 0.15) is 11.6 Å². The summed E-state index contributed by atoms with van der Waals surface area (Å²) < 4.78 is 5.15. The molecule has 0 saturated carbocycles. The molecule has 1 aliphatic heterocycles. The van der Waals surface area contributed by atoms with Gasteiger partial charge in [-0.25, -0.2) is 0 Å². The molecule has 1 unspecified atom stereocenters. The predicted molar refractivity (Wildman–Crippen MR) is 74.4 cm³/mol. The molecule has 0 spiro atoms. The molecular weight excluding hydrogens is 240 g/mol. The van der Waals surface area contributed by atoms with Crippen molar-refractivity contribution in [1.29, 1.82) is 0 Å². The predicted octanol–water partition coefficient (Wildman–Crippen LogP) is 2.80. The van der Waals surface area contributed by atoms with Gasteiger partial charge in [0.1, 0.15) is 11.8 Å². The summed E-state index contributed by atoms with van der Waals surface area (Å²) in [6.45, 7) is 0. The van der Waals surface area contributed by atoms with Crippen LogP contribution in [0.3, 0.4) is 0 Å². The number of benzene rings is 2. The standard InChI is InChI=1S/C15H14N2O2/c1-19-11-7-8-12-13(9-11)17-15(18)14(16-12)10-5-3-2-4-6-10/h2-9,14,16H,1H3,(H,17,18).